The normalized spacial score (nSPS) is 12.2. The molecular weight excluding hydrogens is 306 g/mol. The molecule has 0 spiro atoms. The van der Waals surface area contributed by atoms with E-state index in [1.165, 1.54) is 6.20 Å². The van der Waals surface area contributed by atoms with Crippen molar-refractivity contribution in [1.82, 2.24) is 4.98 Å². The number of anilines is 1. The smallest absolute Gasteiger partial charge is 0.311 e. The summed E-state index contributed by atoms with van der Waals surface area (Å²) in [6.07, 6.45) is 2.81. The zero-order valence-electron chi connectivity index (χ0n) is 9.64. The number of thioether (sulfide) groups is 1. The van der Waals surface area contributed by atoms with Gasteiger partial charge in [0, 0.05) is 18.0 Å². The van der Waals surface area contributed by atoms with E-state index in [1.54, 1.807) is 18.0 Å². The maximum atomic E-state index is 10.9. The Bertz CT molecular complexity index is 403. The average Bonchev–Trinajstić information content (AvgIpc) is 2.28. The molecule has 5 nitrogen and oxygen atoms in total. The highest BCUT2D eigenvalue weighted by Gasteiger charge is 2.18. The number of rotatable bonds is 6. The van der Waals surface area contributed by atoms with E-state index in [-0.39, 0.29) is 11.7 Å². The predicted molar refractivity (Wildman–Crippen MR) is 74.7 cm³/mol. The van der Waals surface area contributed by atoms with Crippen molar-refractivity contribution >= 4 is 39.1 Å². The van der Waals surface area contributed by atoms with Crippen LogP contribution in [0.5, 0.6) is 0 Å². The van der Waals surface area contributed by atoms with Crippen LogP contribution in [-0.2, 0) is 0 Å². The van der Waals surface area contributed by atoms with Crippen molar-refractivity contribution in [2.24, 2.45) is 0 Å². The lowest BCUT2D eigenvalue weighted by atomic mass is 10.3. The molecule has 0 aliphatic rings. The first kappa shape index (κ1) is 14.2. The molecule has 1 aromatic rings. The van der Waals surface area contributed by atoms with Gasteiger partial charge < -0.3 is 5.32 Å². The van der Waals surface area contributed by atoms with Crippen LogP contribution in [0, 0.1) is 10.1 Å². The van der Waals surface area contributed by atoms with Crippen LogP contribution < -0.4 is 5.32 Å². The van der Waals surface area contributed by atoms with Gasteiger partial charge in [-0.15, -0.1) is 0 Å². The van der Waals surface area contributed by atoms with Crippen molar-refractivity contribution in [3.05, 3.63) is 27.0 Å². The molecule has 1 aromatic heterocycles. The fraction of sp³-hybridized carbons (Fsp3) is 0.500. The highest BCUT2D eigenvalue weighted by atomic mass is 79.9. The van der Waals surface area contributed by atoms with E-state index in [9.17, 15) is 10.1 Å². The summed E-state index contributed by atoms with van der Waals surface area (Å²) in [7, 11) is 0. The van der Waals surface area contributed by atoms with Gasteiger partial charge in [-0.2, -0.15) is 11.8 Å². The summed E-state index contributed by atoms with van der Waals surface area (Å²) in [5.74, 6) is 1.94. The van der Waals surface area contributed by atoms with Crippen LogP contribution in [0.3, 0.4) is 0 Å². The van der Waals surface area contributed by atoms with E-state index in [4.69, 9.17) is 0 Å². The van der Waals surface area contributed by atoms with Crippen molar-refractivity contribution in [3.63, 3.8) is 0 Å². The van der Waals surface area contributed by atoms with Crippen LogP contribution in [-0.4, -0.2) is 27.5 Å². The summed E-state index contributed by atoms with van der Waals surface area (Å²) in [6, 6.07) is 0.164. The summed E-state index contributed by atoms with van der Waals surface area (Å²) in [6.45, 7) is 4.08. The molecule has 0 radical (unpaired) electrons. The minimum Gasteiger partial charge on any atom is -0.375 e. The van der Waals surface area contributed by atoms with Gasteiger partial charge >= 0.3 is 5.69 Å². The molecule has 0 saturated carbocycles. The number of halogens is 1. The number of pyridine rings is 1. The molecule has 1 atom stereocenters. The quantitative estimate of drug-likeness (QED) is 0.643. The lowest BCUT2D eigenvalue weighted by Gasteiger charge is -2.15. The first-order valence-corrected chi connectivity index (χ1v) is 7.13. The van der Waals surface area contributed by atoms with Crippen LogP contribution >= 0.6 is 27.7 Å². The van der Waals surface area contributed by atoms with E-state index >= 15 is 0 Å². The molecule has 0 aromatic carbocycles. The molecular formula is C10H14BrN3O2S. The Balaban J connectivity index is 2.85. The molecule has 1 N–H and O–H groups in total. The van der Waals surface area contributed by atoms with Crippen LogP contribution in [0.1, 0.15) is 13.8 Å². The van der Waals surface area contributed by atoms with E-state index in [0.29, 0.717) is 10.2 Å². The van der Waals surface area contributed by atoms with Crippen LogP contribution in [0.4, 0.5) is 11.4 Å². The number of hydrogen-bond acceptors (Lipinski definition) is 5. The van der Waals surface area contributed by atoms with Crippen LogP contribution in [0.2, 0.25) is 0 Å². The minimum atomic E-state index is -0.431. The average molecular weight is 320 g/mol. The molecule has 94 valence electrons. The third kappa shape index (κ3) is 4.16. The highest BCUT2D eigenvalue weighted by molar-refractivity contribution is 9.10. The molecule has 7 heteroatoms. The van der Waals surface area contributed by atoms with E-state index in [0.717, 1.165) is 11.5 Å². The van der Waals surface area contributed by atoms with Gasteiger partial charge in [-0.25, -0.2) is 0 Å². The zero-order valence-corrected chi connectivity index (χ0v) is 12.0. The number of nitrogens with zero attached hydrogens (tertiary/aromatic N) is 2. The van der Waals surface area contributed by atoms with Crippen molar-refractivity contribution in [2.75, 3.05) is 16.8 Å². The molecule has 0 fully saturated rings. The van der Waals surface area contributed by atoms with E-state index in [1.807, 2.05) is 6.92 Å². The molecule has 1 unspecified atom stereocenters. The second-order valence-electron chi connectivity index (χ2n) is 3.48. The highest BCUT2D eigenvalue weighted by Crippen LogP contribution is 2.31. The third-order valence-corrected chi connectivity index (χ3v) is 3.78. The van der Waals surface area contributed by atoms with Gasteiger partial charge in [0.25, 0.3) is 0 Å². The maximum absolute atomic E-state index is 10.9. The second-order valence-corrected chi connectivity index (χ2v) is 5.65. The summed E-state index contributed by atoms with van der Waals surface area (Å²) in [5, 5.41) is 14.0. The molecule has 0 saturated heterocycles. The Morgan fingerprint density at radius 1 is 1.65 bits per heavy atom. The van der Waals surface area contributed by atoms with Gasteiger partial charge in [0.2, 0.25) is 0 Å². The lowest BCUT2D eigenvalue weighted by molar-refractivity contribution is -0.384. The Morgan fingerprint density at radius 3 is 2.94 bits per heavy atom. The zero-order chi connectivity index (χ0) is 12.8. The minimum absolute atomic E-state index is 0.00674. The second kappa shape index (κ2) is 6.80. The summed E-state index contributed by atoms with van der Waals surface area (Å²) in [5.41, 5.74) is 0.488. The predicted octanol–water partition coefficient (Wildman–Crippen LogP) is 3.31. The van der Waals surface area contributed by atoms with Gasteiger partial charge in [-0.1, -0.05) is 6.92 Å². The number of hydrogen-bond donors (Lipinski definition) is 1. The first-order valence-electron chi connectivity index (χ1n) is 5.18. The van der Waals surface area contributed by atoms with Crippen LogP contribution in [0.25, 0.3) is 0 Å². The molecule has 0 aliphatic heterocycles. The Kier molecular flexibility index (Phi) is 5.70. The fourth-order valence-electron chi connectivity index (χ4n) is 1.29. The van der Waals surface area contributed by atoms with Crippen molar-refractivity contribution in [3.8, 4) is 0 Å². The van der Waals surface area contributed by atoms with Crippen molar-refractivity contribution in [2.45, 2.75) is 19.9 Å². The third-order valence-electron chi connectivity index (χ3n) is 2.04. The molecule has 1 rings (SSSR count). The van der Waals surface area contributed by atoms with Gasteiger partial charge in [-0.3, -0.25) is 15.1 Å². The van der Waals surface area contributed by atoms with E-state index in [2.05, 4.69) is 33.2 Å². The summed E-state index contributed by atoms with van der Waals surface area (Å²) < 4.78 is 0.611. The Labute approximate surface area is 113 Å². The van der Waals surface area contributed by atoms with Crippen LogP contribution in [0.15, 0.2) is 16.9 Å². The standard InChI is InChI=1S/C10H14BrN3O2S/c1-3-17-6-7(2)13-10-8(11)4-12-5-9(10)14(15)16/h4-5,7H,3,6H2,1-2H3,(H,12,13). The van der Waals surface area contributed by atoms with Gasteiger partial charge in [0.15, 0.2) is 0 Å². The monoisotopic (exact) mass is 319 g/mol. The molecule has 0 aliphatic carbocycles. The topological polar surface area (TPSA) is 68.1 Å². The van der Waals surface area contributed by atoms with Crippen molar-refractivity contribution in [1.29, 1.82) is 0 Å². The first-order chi connectivity index (χ1) is 8.06. The number of nitrogens with one attached hydrogen (secondary N) is 1. The fourth-order valence-corrected chi connectivity index (χ4v) is 2.40. The molecule has 0 bridgehead atoms. The largest absolute Gasteiger partial charge is 0.375 e. The molecule has 17 heavy (non-hydrogen) atoms. The van der Waals surface area contributed by atoms with Gasteiger partial charge in [0.05, 0.1) is 9.40 Å². The molecule has 0 amide bonds. The summed E-state index contributed by atoms with van der Waals surface area (Å²) in [4.78, 5) is 14.2. The maximum Gasteiger partial charge on any atom is 0.311 e. The number of aromatic nitrogens is 1. The van der Waals surface area contributed by atoms with Gasteiger partial charge in [0.1, 0.15) is 11.9 Å². The Morgan fingerprint density at radius 2 is 2.35 bits per heavy atom. The van der Waals surface area contributed by atoms with Crippen molar-refractivity contribution < 1.29 is 4.92 Å². The summed E-state index contributed by atoms with van der Waals surface area (Å²) >= 11 is 5.07. The molecule has 1 heterocycles. The SMILES string of the molecule is CCSCC(C)Nc1c(Br)cncc1[N+](=O)[O-]. The number of nitro groups is 1. The Hall–Kier alpha value is -0.820. The van der Waals surface area contributed by atoms with Gasteiger partial charge in [-0.05, 0) is 28.6 Å². The lowest BCUT2D eigenvalue weighted by Crippen LogP contribution is -2.19. The van der Waals surface area contributed by atoms with E-state index < -0.39 is 4.92 Å².